The highest BCUT2D eigenvalue weighted by Gasteiger charge is 2.27. The Morgan fingerprint density at radius 1 is 0.897 bits per heavy atom. The van der Waals surface area contributed by atoms with E-state index in [1.807, 2.05) is 25.1 Å². The van der Waals surface area contributed by atoms with Crippen LogP contribution in [0.2, 0.25) is 0 Å². The van der Waals surface area contributed by atoms with Crippen LogP contribution >= 0.6 is 0 Å². The molecule has 1 fully saturated rings. The lowest BCUT2D eigenvalue weighted by molar-refractivity contribution is 0.0571. The van der Waals surface area contributed by atoms with Gasteiger partial charge in [0.15, 0.2) is 0 Å². The van der Waals surface area contributed by atoms with E-state index in [1.165, 1.54) is 0 Å². The Morgan fingerprint density at radius 2 is 1.48 bits per heavy atom. The van der Waals surface area contributed by atoms with Crippen LogP contribution in [0.15, 0.2) is 48.5 Å². The van der Waals surface area contributed by atoms with Gasteiger partial charge >= 0.3 is 6.09 Å². The molecule has 3 amide bonds. The quantitative estimate of drug-likeness (QED) is 0.863. The van der Waals surface area contributed by atoms with Crippen LogP contribution in [0.5, 0.6) is 0 Å². The van der Waals surface area contributed by atoms with Gasteiger partial charge < -0.3 is 19.9 Å². The fraction of sp³-hybridized carbons (Fsp3) is 0.318. The molecule has 0 aromatic heterocycles. The Kier molecular flexibility index (Phi) is 6.49. The summed E-state index contributed by atoms with van der Waals surface area (Å²) in [5, 5.41) is 2.86. The van der Waals surface area contributed by atoms with E-state index in [2.05, 4.69) is 5.32 Å². The molecule has 1 N–H and O–H groups in total. The summed E-state index contributed by atoms with van der Waals surface area (Å²) in [5.41, 5.74) is 2.33. The number of nitrogens with zero attached hydrogens (tertiary/aromatic N) is 2. The number of hydrogen-bond donors (Lipinski definition) is 1. The predicted molar refractivity (Wildman–Crippen MR) is 110 cm³/mol. The van der Waals surface area contributed by atoms with Crippen molar-refractivity contribution in [1.29, 1.82) is 0 Å². The number of carbonyl (C=O) groups excluding carboxylic acids is 3. The highest BCUT2D eigenvalue weighted by atomic mass is 16.6. The smallest absolute Gasteiger partial charge is 0.409 e. The minimum absolute atomic E-state index is 0.172. The summed E-state index contributed by atoms with van der Waals surface area (Å²) in [6.45, 7) is 5.63. The van der Waals surface area contributed by atoms with Crippen molar-refractivity contribution in [3.05, 3.63) is 65.2 Å². The SMILES string of the molecule is CCOC(=O)N1CCN(C(=O)c2ccccc2NC(=O)c2ccccc2C)CC1. The van der Waals surface area contributed by atoms with Crippen LogP contribution in [0.25, 0.3) is 0 Å². The number of benzene rings is 2. The Hall–Kier alpha value is -3.35. The zero-order valence-electron chi connectivity index (χ0n) is 16.7. The van der Waals surface area contributed by atoms with E-state index in [0.29, 0.717) is 49.6 Å². The lowest BCUT2D eigenvalue weighted by Crippen LogP contribution is -2.50. The lowest BCUT2D eigenvalue weighted by Gasteiger charge is -2.34. The molecule has 0 unspecified atom stereocenters. The van der Waals surface area contributed by atoms with E-state index in [1.54, 1.807) is 47.1 Å². The molecule has 0 radical (unpaired) electrons. The topological polar surface area (TPSA) is 79.0 Å². The Balaban J connectivity index is 1.70. The van der Waals surface area contributed by atoms with Crippen molar-refractivity contribution in [2.75, 3.05) is 38.1 Å². The number of rotatable bonds is 4. The summed E-state index contributed by atoms with van der Waals surface area (Å²) >= 11 is 0. The number of anilines is 1. The molecule has 1 aliphatic heterocycles. The van der Waals surface area contributed by atoms with E-state index in [0.717, 1.165) is 5.56 Å². The second-order valence-corrected chi connectivity index (χ2v) is 6.79. The first kappa shape index (κ1) is 20.4. The molecule has 0 spiro atoms. The van der Waals surface area contributed by atoms with Gasteiger partial charge in [0, 0.05) is 31.7 Å². The molecule has 29 heavy (non-hydrogen) atoms. The zero-order chi connectivity index (χ0) is 20.8. The van der Waals surface area contributed by atoms with Gasteiger partial charge in [-0.25, -0.2) is 4.79 Å². The van der Waals surface area contributed by atoms with Crippen LogP contribution in [0.3, 0.4) is 0 Å². The summed E-state index contributed by atoms with van der Waals surface area (Å²) in [4.78, 5) is 40.8. The van der Waals surface area contributed by atoms with E-state index < -0.39 is 0 Å². The molecule has 1 saturated heterocycles. The third-order valence-corrected chi connectivity index (χ3v) is 4.89. The first-order chi connectivity index (χ1) is 14.0. The molecule has 3 rings (SSSR count). The van der Waals surface area contributed by atoms with Crippen LogP contribution in [-0.2, 0) is 4.74 Å². The van der Waals surface area contributed by atoms with Crippen molar-refractivity contribution in [1.82, 2.24) is 9.80 Å². The van der Waals surface area contributed by atoms with Crippen LogP contribution in [0.1, 0.15) is 33.2 Å². The average Bonchev–Trinajstić information content (AvgIpc) is 2.74. The van der Waals surface area contributed by atoms with Crippen molar-refractivity contribution in [2.45, 2.75) is 13.8 Å². The van der Waals surface area contributed by atoms with Crippen molar-refractivity contribution < 1.29 is 19.1 Å². The van der Waals surface area contributed by atoms with Gasteiger partial charge in [0.2, 0.25) is 0 Å². The van der Waals surface area contributed by atoms with Gasteiger partial charge in [-0.05, 0) is 37.6 Å². The Morgan fingerprint density at radius 3 is 2.14 bits per heavy atom. The minimum atomic E-state index is -0.356. The van der Waals surface area contributed by atoms with Gasteiger partial charge in [0.1, 0.15) is 0 Å². The maximum Gasteiger partial charge on any atom is 0.409 e. The van der Waals surface area contributed by atoms with E-state index in [9.17, 15) is 14.4 Å². The minimum Gasteiger partial charge on any atom is -0.450 e. The first-order valence-corrected chi connectivity index (χ1v) is 9.68. The molecule has 7 nitrogen and oxygen atoms in total. The second kappa shape index (κ2) is 9.23. The number of nitrogens with one attached hydrogen (secondary N) is 1. The van der Waals surface area contributed by atoms with Gasteiger partial charge in [-0.1, -0.05) is 30.3 Å². The van der Waals surface area contributed by atoms with Crippen molar-refractivity contribution in [3.8, 4) is 0 Å². The molecule has 0 aliphatic carbocycles. The van der Waals surface area contributed by atoms with Gasteiger partial charge in [0.05, 0.1) is 17.9 Å². The molecule has 1 aliphatic rings. The first-order valence-electron chi connectivity index (χ1n) is 9.68. The fourth-order valence-corrected chi connectivity index (χ4v) is 3.27. The second-order valence-electron chi connectivity index (χ2n) is 6.79. The summed E-state index contributed by atoms with van der Waals surface area (Å²) in [7, 11) is 0. The van der Waals surface area contributed by atoms with Crippen LogP contribution in [0.4, 0.5) is 10.5 Å². The number of carbonyl (C=O) groups is 3. The van der Waals surface area contributed by atoms with Crippen molar-refractivity contribution in [2.24, 2.45) is 0 Å². The largest absolute Gasteiger partial charge is 0.450 e. The average molecular weight is 395 g/mol. The molecule has 2 aromatic carbocycles. The Bertz CT molecular complexity index is 904. The van der Waals surface area contributed by atoms with Gasteiger partial charge in [-0.3, -0.25) is 9.59 Å². The van der Waals surface area contributed by atoms with Gasteiger partial charge in [-0.2, -0.15) is 0 Å². The van der Waals surface area contributed by atoms with Gasteiger partial charge in [-0.15, -0.1) is 0 Å². The molecular weight excluding hydrogens is 370 g/mol. The Labute approximate surface area is 170 Å². The summed E-state index contributed by atoms with van der Waals surface area (Å²) in [6, 6.07) is 14.3. The number of aryl methyl sites for hydroxylation is 1. The summed E-state index contributed by atoms with van der Waals surface area (Å²) in [5.74, 6) is -0.426. The van der Waals surface area contributed by atoms with E-state index in [4.69, 9.17) is 4.74 Å². The van der Waals surface area contributed by atoms with E-state index in [-0.39, 0.29) is 17.9 Å². The molecular formula is C22H25N3O4. The molecule has 7 heteroatoms. The van der Waals surface area contributed by atoms with Crippen molar-refractivity contribution >= 4 is 23.6 Å². The molecule has 0 bridgehead atoms. The molecule has 1 heterocycles. The van der Waals surface area contributed by atoms with Crippen LogP contribution in [-0.4, -0.2) is 60.5 Å². The third-order valence-electron chi connectivity index (χ3n) is 4.89. The lowest BCUT2D eigenvalue weighted by atomic mass is 10.1. The zero-order valence-corrected chi connectivity index (χ0v) is 16.7. The highest BCUT2D eigenvalue weighted by molar-refractivity contribution is 6.09. The normalized spacial score (nSPS) is 13.7. The van der Waals surface area contributed by atoms with Crippen LogP contribution in [0, 0.1) is 6.92 Å². The predicted octanol–water partition coefficient (Wildman–Crippen LogP) is 3.16. The van der Waals surface area contributed by atoms with Gasteiger partial charge in [0.25, 0.3) is 11.8 Å². The number of amides is 3. The number of ether oxygens (including phenoxy) is 1. The number of para-hydroxylation sites is 1. The molecule has 152 valence electrons. The maximum absolute atomic E-state index is 13.0. The standard InChI is InChI=1S/C22H25N3O4/c1-3-29-22(28)25-14-12-24(13-15-25)21(27)18-10-6-7-11-19(18)23-20(26)17-9-5-4-8-16(17)2/h4-11H,3,12-15H2,1-2H3,(H,23,26). The number of hydrogen-bond acceptors (Lipinski definition) is 4. The fourth-order valence-electron chi connectivity index (χ4n) is 3.27. The van der Waals surface area contributed by atoms with Crippen molar-refractivity contribution in [3.63, 3.8) is 0 Å². The maximum atomic E-state index is 13.0. The number of piperazine rings is 1. The molecule has 0 atom stereocenters. The van der Waals surface area contributed by atoms with E-state index >= 15 is 0 Å². The highest BCUT2D eigenvalue weighted by Crippen LogP contribution is 2.20. The van der Waals surface area contributed by atoms with Crippen LogP contribution < -0.4 is 5.32 Å². The molecule has 2 aromatic rings. The third kappa shape index (κ3) is 4.74. The monoisotopic (exact) mass is 395 g/mol. The summed E-state index contributed by atoms with van der Waals surface area (Å²) < 4.78 is 5.01. The summed E-state index contributed by atoms with van der Waals surface area (Å²) in [6.07, 6.45) is -0.356. The molecule has 0 saturated carbocycles.